The van der Waals surface area contributed by atoms with E-state index in [0.29, 0.717) is 11.4 Å². The Morgan fingerprint density at radius 2 is 1.81 bits per heavy atom. The Bertz CT molecular complexity index is 984. The number of carbonyl (C=O) groups excluding carboxylic acids is 2. The Balaban J connectivity index is 1.79. The monoisotopic (exact) mass is 365 g/mol. The first-order valence-electron chi connectivity index (χ1n) is 8.07. The van der Waals surface area contributed by atoms with Crippen LogP contribution in [0.1, 0.15) is 41.9 Å². The number of hydrogen-bond acceptors (Lipinski definition) is 5. The van der Waals surface area contributed by atoms with E-state index in [1.54, 1.807) is 6.08 Å². The minimum absolute atomic E-state index is 0.0461. The van der Waals surface area contributed by atoms with Gasteiger partial charge < -0.3 is 9.90 Å². The number of aromatic carboxylic acids is 1. The third-order valence-electron chi connectivity index (χ3n) is 4.06. The summed E-state index contributed by atoms with van der Waals surface area (Å²) in [6, 6.07) is 12.9. The normalized spacial score (nSPS) is 11.2. The maximum absolute atomic E-state index is 12.3. The zero-order valence-corrected chi connectivity index (χ0v) is 15.2. The molecule has 26 heavy (non-hydrogen) atoms. The second-order valence-electron chi connectivity index (χ2n) is 5.88. The standard InChI is InChI=1S/C20H18N2O3S/c1-13-16(8-9-17(23)18-10-11-19(26-18)20(24)25)14(2)22(21-13)12-15-6-4-3-5-7-15/h3-11H,12H2,1-2H3,(H,24,25)/p-1/b9-8+. The summed E-state index contributed by atoms with van der Waals surface area (Å²) in [6.45, 7) is 4.53. The molecule has 0 aliphatic rings. The van der Waals surface area contributed by atoms with Crippen LogP contribution in [0.25, 0.3) is 6.08 Å². The molecule has 0 atom stereocenters. The van der Waals surface area contributed by atoms with Crippen molar-refractivity contribution in [2.45, 2.75) is 20.4 Å². The first kappa shape index (κ1) is 17.8. The summed E-state index contributed by atoms with van der Waals surface area (Å²) in [5, 5.41) is 15.4. The molecule has 0 fully saturated rings. The van der Waals surface area contributed by atoms with Gasteiger partial charge in [-0.05, 0) is 43.7 Å². The second-order valence-corrected chi connectivity index (χ2v) is 6.96. The molecule has 0 bridgehead atoms. The van der Waals surface area contributed by atoms with E-state index in [2.05, 4.69) is 5.10 Å². The third kappa shape index (κ3) is 3.81. The van der Waals surface area contributed by atoms with E-state index in [-0.39, 0.29) is 10.7 Å². The fourth-order valence-electron chi connectivity index (χ4n) is 2.68. The molecule has 0 radical (unpaired) electrons. The van der Waals surface area contributed by atoms with Crippen LogP contribution in [-0.4, -0.2) is 21.5 Å². The van der Waals surface area contributed by atoms with Crippen LogP contribution in [0.5, 0.6) is 0 Å². The molecule has 0 unspecified atom stereocenters. The minimum atomic E-state index is -1.27. The molecular weight excluding hydrogens is 348 g/mol. The number of benzene rings is 1. The predicted molar refractivity (Wildman–Crippen MR) is 99.3 cm³/mol. The van der Waals surface area contributed by atoms with Crippen LogP contribution in [0.3, 0.4) is 0 Å². The van der Waals surface area contributed by atoms with Gasteiger partial charge in [-0.2, -0.15) is 5.10 Å². The highest BCUT2D eigenvalue weighted by atomic mass is 32.1. The molecule has 1 aromatic carbocycles. The van der Waals surface area contributed by atoms with E-state index >= 15 is 0 Å². The van der Waals surface area contributed by atoms with E-state index in [4.69, 9.17) is 0 Å². The number of allylic oxidation sites excluding steroid dienone is 1. The molecule has 132 valence electrons. The molecule has 2 heterocycles. The van der Waals surface area contributed by atoms with Crippen molar-refractivity contribution < 1.29 is 14.7 Å². The Hall–Kier alpha value is -2.99. The first-order chi connectivity index (χ1) is 12.5. The Morgan fingerprint density at radius 3 is 2.46 bits per heavy atom. The number of carboxylic acid groups (broad SMARTS) is 1. The lowest BCUT2D eigenvalue weighted by Crippen LogP contribution is -2.20. The molecule has 0 aliphatic heterocycles. The van der Waals surface area contributed by atoms with Gasteiger partial charge >= 0.3 is 0 Å². The molecule has 0 spiro atoms. The zero-order valence-electron chi connectivity index (χ0n) is 14.4. The van der Waals surface area contributed by atoms with E-state index in [1.165, 1.54) is 18.2 Å². The van der Waals surface area contributed by atoms with Crippen molar-refractivity contribution in [3.63, 3.8) is 0 Å². The Kier molecular flexibility index (Phi) is 5.14. The van der Waals surface area contributed by atoms with Crippen molar-refractivity contribution >= 4 is 29.2 Å². The minimum Gasteiger partial charge on any atom is -0.544 e. The molecule has 0 saturated heterocycles. The maximum atomic E-state index is 12.3. The molecule has 3 rings (SSSR count). The van der Waals surface area contributed by atoms with Crippen LogP contribution >= 0.6 is 11.3 Å². The summed E-state index contributed by atoms with van der Waals surface area (Å²) in [4.78, 5) is 23.5. The number of hydrogen-bond donors (Lipinski definition) is 0. The van der Waals surface area contributed by atoms with Crippen molar-refractivity contribution in [1.82, 2.24) is 9.78 Å². The van der Waals surface area contributed by atoms with Crippen LogP contribution in [0.15, 0.2) is 48.5 Å². The quantitative estimate of drug-likeness (QED) is 0.497. The van der Waals surface area contributed by atoms with E-state index in [0.717, 1.165) is 33.9 Å². The molecule has 6 heteroatoms. The van der Waals surface area contributed by atoms with E-state index < -0.39 is 5.97 Å². The highest BCUT2D eigenvalue weighted by molar-refractivity contribution is 7.16. The molecule has 0 N–H and O–H groups in total. The number of carboxylic acids is 1. The van der Waals surface area contributed by atoms with Gasteiger partial charge in [0.05, 0.1) is 28.0 Å². The molecule has 0 aliphatic carbocycles. The summed E-state index contributed by atoms with van der Waals surface area (Å²) in [5.41, 5.74) is 3.85. The van der Waals surface area contributed by atoms with E-state index in [1.807, 2.05) is 48.9 Å². The number of thiophene rings is 1. The lowest BCUT2D eigenvalue weighted by atomic mass is 10.1. The molecule has 5 nitrogen and oxygen atoms in total. The van der Waals surface area contributed by atoms with Crippen molar-refractivity contribution in [1.29, 1.82) is 0 Å². The lowest BCUT2D eigenvalue weighted by molar-refractivity contribution is -0.254. The highest BCUT2D eigenvalue weighted by Gasteiger charge is 2.11. The van der Waals surface area contributed by atoms with Gasteiger partial charge in [-0.3, -0.25) is 9.48 Å². The van der Waals surface area contributed by atoms with Gasteiger partial charge in [-0.15, -0.1) is 11.3 Å². The highest BCUT2D eigenvalue weighted by Crippen LogP contribution is 2.19. The van der Waals surface area contributed by atoms with E-state index in [9.17, 15) is 14.7 Å². The number of rotatable bonds is 6. The van der Waals surface area contributed by atoms with Crippen LogP contribution in [0, 0.1) is 13.8 Å². The van der Waals surface area contributed by atoms with Gasteiger partial charge in [0.15, 0.2) is 5.78 Å². The summed E-state index contributed by atoms with van der Waals surface area (Å²) >= 11 is 0.916. The van der Waals surface area contributed by atoms with Crippen LogP contribution in [-0.2, 0) is 6.54 Å². The number of nitrogens with zero attached hydrogens (tertiary/aromatic N) is 2. The fourth-order valence-corrected chi connectivity index (χ4v) is 3.44. The van der Waals surface area contributed by atoms with Crippen LogP contribution in [0.4, 0.5) is 0 Å². The van der Waals surface area contributed by atoms with Gasteiger partial charge in [0, 0.05) is 11.3 Å². The zero-order chi connectivity index (χ0) is 18.7. The topological polar surface area (TPSA) is 75.0 Å². The predicted octanol–water partition coefficient (Wildman–Crippen LogP) is 2.87. The SMILES string of the molecule is Cc1nn(Cc2ccccc2)c(C)c1/C=C/C(=O)c1ccc(C(=O)[O-])s1. The summed E-state index contributed by atoms with van der Waals surface area (Å²) in [5.74, 6) is -1.51. The van der Waals surface area contributed by atoms with Crippen molar-refractivity contribution in [2.75, 3.05) is 0 Å². The molecule has 3 aromatic rings. The van der Waals surface area contributed by atoms with Gasteiger partial charge in [0.2, 0.25) is 0 Å². The Labute approximate surface area is 155 Å². The molecule has 0 amide bonds. The van der Waals surface area contributed by atoms with Crippen molar-refractivity contribution in [3.05, 3.63) is 80.8 Å². The number of aromatic nitrogens is 2. The summed E-state index contributed by atoms with van der Waals surface area (Å²) in [6.07, 6.45) is 3.19. The summed E-state index contributed by atoms with van der Waals surface area (Å²) < 4.78 is 1.91. The van der Waals surface area contributed by atoms with Gasteiger partial charge in [0.25, 0.3) is 0 Å². The number of ketones is 1. The van der Waals surface area contributed by atoms with Crippen LogP contribution < -0.4 is 5.11 Å². The van der Waals surface area contributed by atoms with Gasteiger partial charge in [0.1, 0.15) is 0 Å². The number of aryl methyl sites for hydroxylation is 1. The average molecular weight is 365 g/mol. The fraction of sp³-hybridized carbons (Fsp3) is 0.150. The smallest absolute Gasteiger partial charge is 0.195 e. The van der Waals surface area contributed by atoms with Crippen LogP contribution in [0.2, 0.25) is 0 Å². The molecular formula is C20H17N2O3S-. The van der Waals surface area contributed by atoms with Gasteiger partial charge in [-0.25, -0.2) is 0 Å². The largest absolute Gasteiger partial charge is 0.544 e. The third-order valence-corrected chi connectivity index (χ3v) is 5.14. The first-order valence-corrected chi connectivity index (χ1v) is 8.89. The molecule has 2 aromatic heterocycles. The average Bonchev–Trinajstić information content (AvgIpc) is 3.21. The second kappa shape index (κ2) is 7.49. The summed E-state index contributed by atoms with van der Waals surface area (Å²) in [7, 11) is 0. The lowest BCUT2D eigenvalue weighted by Gasteiger charge is -2.04. The Morgan fingerprint density at radius 1 is 1.12 bits per heavy atom. The molecule has 0 saturated carbocycles. The van der Waals surface area contributed by atoms with Gasteiger partial charge in [-0.1, -0.05) is 30.3 Å². The van der Waals surface area contributed by atoms with Crippen molar-refractivity contribution in [3.8, 4) is 0 Å². The van der Waals surface area contributed by atoms with Crippen molar-refractivity contribution in [2.24, 2.45) is 0 Å². The number of carbonyl (C=O) groups is 2. The maximum Gasteiger partial charge on any atom is 0.195 e.